The first kappa shape index (κ1) is 15.8. The fraction of sp³-hybridized carbons (Fsp3) is 0.500. The van der Waals surface area contributed by atoms with Gasteiger partial charge in [0.15, 0.2) is 0 Å². The maximum Gasteiger partial charge on any atom is 0.200 e. The Kier molecular flexibility index (Phi) is 4.28. The van der Waals surface area contributed by atoms with Crippen LogP contribution in [0.15, 0.2) is 18.2 Å². The second-order valence-electron chi connectivity index (χ2n) is 6.63. The molecule has 0 bridgehead atoms. The summed E-state index contributed by atoms with van der Waals surface area (Å²) in [6.07, 6.45) is 2.67. The summed E-state index contributed by atoms with van der Waals surface area (Å²) >= 11 is 0. The van der Waals surface area contributed by atoms with Crippen molar-refractivity contribution in [2.24, 2.45) is 5.92 Å². The van der Waals surface area contributed by atoms with Crippen LogP contribution in [-0.4, -0.2) is 16.7 Å². The maximum absolute atomic E-state index is 14.0. The van der Waals surface area contributed by atoms with E-state index in [9.17, 15) is 4.39 Å². The van der Waals surface area contributed by atoms with Gasteiger partial charge < -0.3 is 15.0 Å². The van der Waals surface area contributed by atoms with Gasteiger partial charge in [-0.05, 0) is 54.9 Å². The standard InChI is InChI=1S/C18H24FN3O/c1-11(2)17-16-7-4-12(10-22(16)18(20)21-17)8-13-9-14(23-3)5-6-15(13)19/h5-6,9,11-12H,4,7-8,10H2,1-3H3,(H2,20,21). The fourth-order valence-corrected chi connectivity index (χ4v) is 3.46. The zero-order valence-corrected chi connectivity index (χ0v) is 14.0. The van der Waals surface area contributed by atoms with E-state index in [4.69, 9.17) is 10.5 Å². The number of aromatic nitrogens is 2. The maximum atomic E-state index is 14.0. The van der Waals surface area contributed by atoms with Crippen molar-refractivity contribution in [3.8, 4) is 5.75 Å². The fourth-order valence-electron chi connectivity index (χ4n) is 3.46. The summed E-state index contributed by atoms with van der Waals surface area (Å²) in [4.78, 5) is 4.52. The van der Waals surface area contributed by atoms with Gasteiger partial charge in [0.25, 0.3) is 0 Å². The van der Waals surface area contributed by atoms with Gasteiger partial charge in [-0.25, -0.2) is 9.37 Å². The minimum atomic E-state index is -0.168. The SMILES string of the molecule is COc1ccc(F)c(CC2CCc3c(C(C)C)nc(N)n3C2)c1. The van der Waals surface area contributed by atoms with Crippen LogP contribution in [0.2, 0.25) is 0 Å². The van der Waals surface area contributed by atoms with E-state index >= 15 is 0 Å². The van der Waals surface area contributed by atoms with Crippen molar-refractivity contribution in [2.75, 3.05) is 12.8 Å². The molecule has 5 heteroatoms. The largest absolute Gasteiger partial charge is 0.497 e. The first-order chi connectivity index (χ1) is 11.0. The summed E-state index contributed by atoms with van der Waals surface area (Å²) in [5, 5.41) is 0. The summed E-state index contributed by atoms with van der Waals surface area (Å²) in [5.74, 6) is 1.85. The van der Waals surface area contributed by atoms with Gasteiger partial charge >= 0.3 is 0 Å². The van der Waals surface area contributed by atoms with E-state index < -0.39 is 0 Å². The van der Waals surface area contributed by atoms with Gasteiger partial charge in [-0.1, -0.05) is 13.8 Å². The van der Waals surface area contributed by atoms with Gasteiger partial charge in [0.05, 0.1) is 12.8 Å². The van der Waals surface area contributed by atoms with Crippen molar-refractivity contribution in [3.05, 3.63) is 41.0 Å². The molecule has 0 spiro atoms. The van der Waals surface area contributed by atoms with Crippen LogP contribution in [0.25, 0.3) is 0 Å². The normalized spacial score (nSPS) is 17.3. The highest BCUT2D eigenvalue weighted by atomic mass is 19.1. The lowest BCUT2D eigenvalue weighted by Gasteiger charge is -2.26. The Morgan fingerprint density at radius 1 is 1.43 bits per heavy atom. The van der Waals surface area contributed by atoms with Crippen LogP contribution >= 0.6 is 0 Å². The number of anilines is 1. The van der Waals surface area contributed by atoms with E-state index in [0.29, 0.717) is 35.5 Å². The van der Waals surface area contributed by atoms with E-state index in [1.54, 1.807) is 19.2 Å². The molecule has 3 rings (SSSR count). The Bertz CT molecular complexity index is 709. The molecular weight excluding hydrogens is 293 g/mol. The molecule has 0 saturated heterocycles. The molecule has 23 heavy (non-hydrogen) atoms. The summed E-state index contributed by atoms with van der Waals surface area (Å²) in [5.41, 5.74) is 9.15. The Labute approximate surface area is 136 Å². The first-order valence-electron chi connectivity index (χ1n) is 8.16. The molecule has 1 aromatic heterocycles. The lowest BCUT2D eigenvalue weighted by molar-refractivity contribution is 0.363. The summed E-state index contributed by atoms with van der Waals surface area (Å²) in [7, 11) is 1.60. The Morgan fingerprint density at radius 3 is 2.91 bits per heavy atom. The number of ether oxygens (including phenoxy) is 1. The van der Waals surface area contributed by atoms with Crippen LogP contribution < -0.4 is 10.5 Å². The molecule has 2 heterocycles. The van der Waals surface area contributed by atoms with E-state index in [-0.39, 0.29) is 5.82 Å². The molecule has 0 amide bonds. The molecule has 2 aromatic rings. The van der Waals surface area contributed by atoms with E-state index in [0.717, 1.165) is 25.1 Å². The lowest BCUT2D eigenvalue weighted by atomic mass is 9.89. The second-order valence-corrected chi connectivity index (χ2v) is 6.63. The third-order valence-corrected chi connectivity index (χ3v) is 4.67. The number of benzene rings is 1. The van der Waals surface area contributed by atoms with E-state index in [1.165, 1.54) is 11.8 Å². The number of nitrogens with zero attached hydrogens (tertiary/aromatic N) is 2. The topological polar surface area (TPSA) is 53.1 Å². The number of fused-ring (bicyclic) bond motifs is 1. The summed E-state index contributed by atoms with van der Waals surface area (Å²) < 4.78 is 21.4. The molecule has 1 aliphatic rings. The van der Waals surface area contributed by atoms with Crippen molar-refractivity contribution in [2.45, 2.75) is 45.6 Å². The average Bonchev–Trinajstić information content (AvgIpc) is 2.86. The second kappa shape index (κ2) is 6.22. The van der Waals surface area contributed by atoms with E-state index in [1.807, 2.05) is 0 Å². The molecule has 1 aromatic carbocycles. The highest BCUT2D eigenvalue weighted by Gasteiger charge is 2.26. The van der Waals surface area contributed by atoms with Crippen LogP contribution in [0.5, 0.6) is 5.75 Å². The quantitative estimate of drug-likeness (QED) is 0.938. The molecular formula is C18H24FN3O. The molecule has 124 valence electrons. The van der Waals surface area contributed by atoms with Gasteiger partial charge in [-0.2, -0.15) is 0 Å². The predicted octanol–water partition coefficient (Wildman–Crippen LogP) is 3.54. The number of methoxy groups -OCH3 is 1. The van der Waals surface area contributed by atoms with Crippen LogP contribution in [-0.2, 0) is 19.4 Å². The van der Waals surface area contributed by atoms with Gasteiger partial charge in [0, 0.05) is 12.2 Å². The van der Waals surface area contributed by atoms with Gasteiger partial charge in [-0.3, -0.25) is 0 Å². The summed E-state index contributed by atoms with van der Waals surface area (Å²) in [6.45, 7) is 5.08. The minimum Gasteiger partial charge on any atom is -0.497 e. The number of imidazole rings is 1. The van der Waals surface area contributed by atoms with Gasteiger partial charge in [0.1, 0.15) is 11.6 Å². The van der Waals surface area contributed by atoms with Crippen LogP contribution in [0.1, 0.15) is 43.1 Å². The molecule has 1 unspecified atom stereocenters. The Morgan fingerprint density at radius 2 is 2.22 bits per heavy atom. The van der Waals surface area contributed by atoms with Crippen LogP contribution in [0.3, 0.4) is 0 Å². The third kappa shape index (κ3) is 3.05. The number of rotatable bonds is 4. The van der Waals surface area contributed by atoms with Crippen molar-refractivity contribution in [1.82, 2.24) is 9.55 Å². The van der Waals surface area contributed by atoms with Crippen molar-refractivity contribution in [1.29, 1.82) is 0 Å². The molecule has 0 aliphatic carbocycles. The lowest BCUT2D eigenvalue weighted by Crippen LogP contribution is -2.23. The highest BCUT2D eigenvalue weighted by molar-refractivity contribution is 5.33. The zero-order valence-electron chi connectivity index (χ0n) is 14.0. The number of nitrogen functional groups attached to an aromatic ring is 1. The molecule has 0 fully saturated rings. The monoisotopic (exact) mass is 317 g/mol. The highest BCUT2D eigenvalue weighted by Crippen LogP contribution is 2.31. The Balaban J connectivity index is 1.80. The van der Waals surface area contributed by atoms with Crippen molar-refractivity contribution in [3.63, 3.8) is 0 Å². The molecule has 2 N–H and O–H groups in total. The molecule has 0 saturated carbocycles. The number of hydrogen-bond donors (Lipinski definition) is 1. The molecule has 4 nitrogen and oxygen atoms in total. The van der Waals surface area contributed by atoms with Gasteiger partial charge in [-0.15, -0.1) is 0 Å². The molecule has 1 atom stereocenters. The molecule has 0 radical (unpaired) electrons. The number of halogens is 1. The van der Waals surface area contributed by atoms with Crippen LogP contribution in [0.4, 0.5) is 10.3 Å². The zero-order chi connectivity index (χ0) is 16.6. The smallest absolute Gasteiger partial charge is 0.200 e. The van der Waals surface area contributed by atoms with Crippen LogP contribution in [0, 0.1) is 11.7 Å². The van der Waals surface area contributed by atoms with E-state index in [2.05, 4.69) is 23.4 Å². The van der Waals surface area contributed by atoms with Crippen molar-refractivity contribution >= 4 is 5.95 Å². The first-order valence-corrected chi connectivity index (χ1v) is 8.16. The van der Waals surface area contributed by atoms with Crippen molar-refractivity contribution < 1.29 is 9.13 Å². The number of nitrogens with two attached hydrogens (primary N) is 1. The summed E-state index contributed by atoms with van der Waals surface area (Å²) in [6, 6.07) is 4.92. The predicted molar refractivity (Wildman–Crippen MR) is 89.2 cm³/mol. The Hall–Kier alpha value is -2.04. The minimum absolute atomic E-state index is 0.168. The average molecular weight is 317 g/mol. The molecule has 1 aliphatic heterocycles. The number of hydrogen-bond acceptors (Lipinski definition) is 3. The van der Waals surface area contributed by atoms with Gasteiger partial charge in [0.2, 0.25) is 5.95 Å². The third-order valence-electron chi connectivity index (χ3n) is 4.67.